The minimum Gasteiger partial charge on any atom is -0.472 e. The van der Waals surface area contributed by atoms with Gasteiger partial charge in [-0.15, -0.1) is 0 Å². The average Bonchev–Trinajstić information content (AvgIpc) is 3.72. The van der Waals surface area contributed by atoms with Gasteiger partial charge in [0.05, 0.1) is 34.3 Å². The van der Waals surface area contributed by atoms with Gasteiger partial charge in [-0.25, -0.2) is 29.9 Å². The van der Waals surface area contributed by atoms with Gasteiger partial charge in [-0.1, -0.05) is 158 Å². The summed E-state index contributed by atoms with van der Waals surface area (Å²) in [6, 6.07) is 80.1. The molecule has 11 heteroatoms. The van der Waals surface area contributed by atoms with E-state index >= 15 is 0 Å². The maximum atomic E-state index is 10.3. The second kappa shape index (κ2) is 19.6. The first-order chi connectivity index (χ1) is 39.5. The van der Waals surface area contributed by atoms with E-state index in [1.54, 1.807) is 24.5 Å². The Morgan fingerprint density at radius 2 is 0.850 bits per heavy atom. The molecule has 0 saturated carbocycles. The second-order valence-electron chi connectivity index (χ2n) is 19.4. The van der Waals surface area contributed by atoms with E-state index < -0.39 is 5.60 Å². The van der Waals surface area contributed by atoms with Gasteiger partial charge < -0.3 is 4.74 Å². The van der Waals surface area contributed by atoms with E-state index in [1.807, 2.05) is 170 Å². The minimum atomic E-state index is -1.13. The van der Waals surface area contributed by atoms with E-state index in [1.165, 1.54) is 0 Å². The van der Waals surface area contributed by atoms with Gasteiger partial charge in [-0.2, -0.15) is 10.5 Å². The van der Waals surface area contributed by atoms with Crippen molar-refractivity contribution in [3.8, 4) is 108 Å². The summed E-state index contributed by atoms with van der Waals surface area (Å²) in [5.41, 5.74) is 12.0. The molecular formula is C69H40N10O. The van der Waals surface area contributed by atoms with Gasteiger partial charge in [0.1, 0.15) is 5.75 Å². The lowest BCUT2D eigenvalue weighted by atomic mass is 9.74. The van der Waals surface area contributed by atoms with Crippen molar-refractivity contribution in [1.82, 2.24) is 39.9 Å². The molecule has 14 rings (SSSR count). The largest absolute Gasteiger partial charge is 0.472 e. The molecule has 0 amide bonds. The predicted octanol–water partition coefficient (Wildman–Crippen LogP) is 14.9. The van der Waals surface area contributed by atoms with Gasteiger partial charge in [-0.05, 0) is 89.5 Å². The third-order valence-electron chi connectivity index (χ3n) is 14.5. The lowest BCUT2D eigenvalue weighted by molar-refractivity contribution is 0.152. The summed E-state index contributed by atoms with van der Waals surface area (Å²) in [6.07, 6.45) is 3.56. The fraction of sp³-hybridized carbons (Fsp3) is 0.0145. The van der Waals surface area contributed by atoms with Crippen LogP contribution < -0.4 is 4.74 Å². The smallest absolute Gasteiger partial charge is 0.185 e. The predicted molar refractivity (Wildman–Crippen MR) is 310 cm³/mol. The second-order valence-corrected chi connectivity index (χ2v) is 19.4. The monoisotopic (exact) mass is 1020 g/mol. The van der Waals surface area contributed by atoms with Crippen LogP contribution in [0.2, 0.25) is 0 Å². The Hall–Kier alpha value is -11.4. The van der Waals surface area contributed by atoms with Gasteiger partial charge in [0.25, 0.3) is 0 Å². The van der Waals surface area contributed by atoms with E-state index in [0.717, 1.165) is 77.4 Å². The van der Waals surface area contributed by atoms with Crippen molar-refractivity contribution in [3.63, 3.8) is 0 Å². The Labute approximate surface area is 459 Å². The fourth-order valence-corrected chi connectivity index (χ4v) is 10.7. The Kier molecular flexibility index (Phi) is 11.6. The zero-order valence-corrected chi connectivity index (χ0v) is 42.5. The third kappa shape index (κ3) is 8.41. The lowest BCUT2D eigenvalue weighted by Crippen LogP contribution is -2.38. The first-order valence-corrected chi connectivity index (χ1v) is 25.9. The van der Waals surface area contributed by atoms with Crippen LogP contribution in [0, 0.1) is 22.7 Å². The fourth-order valence-electron chi connectivity index (χ4n) is 10.7. The molecule has 0 bridgehead atoms. The van der Waals surface area contributed by atoms with Gasteiger partial charge >= 0.3 is 0 Å². The molecular weight excluding hydrogens is 985 g/mol. The quantitative estimate of drug-likeness (QED) is 0.135. The molecule has 0 N–H and O–H groups in total. The summed E-state index contributed by atoms with van der Waals surface area (Å²) in [7, 11) is 0. The molecule has 0 saturated heterocycles. The van der Waals surface area contributed by atoms with Crippen LogP contribution in [-0.2, 0) is 5.60 Å². The van der Waals surface area contributed by atoms with Crippen molar-refractivity contribution in [1.29, 1.82) is 10.5 Å². The van der Waals surface area contributed by atoms with Crippen LogP contribution in [0.4, 0.5) is 0 Å². The van der Waals surface area contributed by atoms with Crippen molar-refractivity contribution in [2.45, 2.75) is 5.60 Å². The Morgan fingerprint density at radius 3 is 1.55 bits per heavy atom. The molecule has 0 atom stereocenters. The summed E-state index contributed by atoms with van der Waals surface area (Å²) in [6.45, 7) is 0. The molecule has 0 spiro atoms. The van der Waals surface area contributed by atoms with Crippen LogP contribution >= 0.6 is 0 Å². The molecule has 1 aliphatic rings. The maximum Gasteiger partial charge on any atom is 0.185 e. The molecule has 4 aromatic heterocycles. The molecule has 372 valence electrons. The Bertz CT molecular complexity index is 4530. The first-order valence-electron chi connectivity index (χ1n) is 25.9. The van der Waals surface area contributed by atoms with Crippen LogP contribution in [0.5, 0.6) is 5.75 Å². The topological polar surface area (TPSA) is 160 Å². The van der Waals surface area contributed by atoms with Gasteiger partial charge in [0.2, 0.25) is 0 Å². The molecule has 0 fully saturated rings. The number of rotatable bonds is 9. The number of nitriles is 2. The molecule has 0 radical (unpaired) electrons. The van der Waals surface area contributed by atoms with E-state index in [-0.39, 0.29) is 0 Å². The Balaban J connectivity index is 1.01. The van der Waals surface area contributed by atoms with E-state index in [0.29, 0.717) is 68.5 Å². The van der Waals surface area contributed by atoms with Crippen molar-refractivity contribution in [2.75, 3.05) is 0 Å². The molecule has 80 heavy (non-hydrogen) atoms. The highest BCUT2D eigenvalue weighted by Crippen LogP contribution is 2.53. The molecule has 5 heterocycles. The van der Waals surface area contributed by atoms with Crippen LogP contribution in [0.3, 0.4) is 0 Å². The summed E-state index contributed by atoms with van der Waals surface area (Å²) < 4.78 is 7.55. The minimum absolute atomic E-state index is 0.376. The summed E-state index contributed by atoms with van der Waals surface area (Å²) in [5, 5.41) is 22.2. The molecule has 13 aromatic rings. The SMILES string of the molecule is N#Cc1cccc(-c2nc(-c3ccccc3)nc(-c3cc(-c4nc(-c5ccc6ncccc6c5)nc(-c5ccc6cccnc6c5)n4)ccc3-c3ccc4c(c3)OC(c3ccccc3)(c3ccccc3)c3cc(C#N)ccc3-4)n2)c1. The summed E-state index contributed by atoms with van der Waals surface area (Å²) >= 11 is 0. The van der Waals surface area contributed by atoms with Crippen LogP contribution in [0.25, 0.3) is 112 Å². The number of pyridine rings is 2. The maximum absolute atomic E-state index is 10.3. The number of aromatic nitrogens is 8. The first kappa shape index (κ1) is 47.1. The summed E-state index contributed by atoms with van der Waals surface area (Å²) in [4.78, 5) is 40.4. The standard InChI is InChI=1S/C69H40N10O/c70-41-43-13-10-16-49(35-43)64-74-63(46-14-4-1-5-15-46)78-68(79-64)58-38-51(66-75-65(50-28-32-60-48(37-50)18-12-33-72-60)76-67(77-66)52-25-24-45-17-11-34-73-61(45)39-52)27-30-55(58)47-26-31-57-56-29-23-44(42-71)36-59(56)69(80-62(57)40-47,53-19-6-2-7-20-53)54-21-8-3-9-22-54/h1-40H. The van der Waals surface area contributed by atoms with Crippen LogP contribution in [0.15, 0.2) is 243 Å². The van der Waals surface area contributed by atoms with E-state index in [2.05, 4.69) is 70.6 Å². The van der Waals surface area contributed by atoms with Gasteiger partial charge in [0.15, 0.2) is 40.5 Å². The summed E-state index contributed by atoms with van der Waals surface area (Å²) in [5.74, 6) is 3.21. The highest BCUT2D eigenvalue weighted by Gasteiger charge is 2.44. The average molecular weight is 1030 g/mol. The van der Waals surface area contributed by atoms with Crippen LogP contribution in [-0.4, -0.2) is 39.9 Å². The normalized spacial score (nSPS) is 12.2. The lowest BCUT2D eigenvalue weighted by Gasteiger charge is -2.41. The third-order valence-corrected chi connectivity index (χ3v) is 14.5. The van der Waals surface area contributed by atoms with Gasteiger partial charge in [0, 0.05) is 78.8 Å². The number of benzene rings is 9. The number of fused-ring (bicyclic) bond motifs is 5. The molecule has 11 nitrogen and oxygen atoms in total. The van der Waals surface area contributed by atoms with Crippen molar-refractivity contribution < 1.29 is 4.74 Å². The van der Waals surface area contributed by atoms with E-state index in [4.69, 9.17) is 34.6 Å². The molecule has 0 unspecified atom stereocenters. The number of hydrogen-bond acceptors (Lipinski definition) is 11. The highest BCUT2D eigenvalue weighted by atomic mass is 16.5. The van der Waals surface area contributed by atoms with Crippen molar-refractivity contribution in [3.05, 3.63) is 271 Å². The zero-order chi connectivity index (χ0) is 53.6. The number of ether oxygens (including phenoxy) is 1. The highest BCUT2D eigenvalue weighted by molar-refractivity contribution is 5.90. The molecule has 0 aliphatic carbocycles. The zero-order valence-electron chi connectivity index (χ0n) is 42.5. The van der Waals surface area contributed by atoms with Crippen molar-refractivity contribution in [2.24, 2.45) is 0 Å². The number of hydrogen-bond donors (Lipinski definition) is 0. The number of nitrogens with zero attached hydrogens (tertiary/aromatic N) is 10. The Morgan fingerprint density at radius 1 is 0.325 bits per heavy atom. The molecule has 1 aliphatic heterocycles. The molecule has 9 aromatic carbocycles. The van der Waals surface area contributed by atoms with Crippen LogP contribution in [0.1, 0.15) is 27.8 Å². The van der Waals surface area contributed by atoms with Gasteiger partial charge in [-0.3, -0.25) is 9.97 Å². The van der Waals surface area contributed by atoms with Crippen molar-refractivity contribution >= 4 is 21.8 Å². The van der Waals surface area contributed by atoms with E-state index in [9.17, 15) is 10.5 Å².